The Balaban J connectivity index is 1.55. The number of fused-ring (bicyclic) bond motifs is 1. The predicted molar refractivity (Wildman–Crippen MR) is 131 cm³/mol. The molecule has 1 unspecified atom stereocenters. The molecule has 34 heavy (non-hydrogen) atoms. The van der Waals surface area contributed by atoms with Crippen LogP contribution in [-0.4, -0.2) is 57.9 Å². The van der Waals surface area contributed by atoms with Gasteiger partial charge in [-0.15, -0.1) is 11.3 Å². The van der Waals surface area contributed by atoms with Crippen LogP contribution in [0.5, 0.6) is 0 Å². The van der Waals surface area contributed by atoms with Crippen LogP contribution >= 0.6 is 11.3 Å². The number of rotatable bonds is 6. The number of likely N-dealkylation sites (N-methyl/N-ethyl adjacent to an activating group) is 1. The molecule has 0 bridgehead atoms. The zero-order chi connectivity index (χ0) is 24.3. The normalized spacial score (nSPS) is 19.2. The van der Waals surface area contributed by atoms with Gasteiger partial charge in [-0.25, -0.2) is 13.2 Å². The van der Waals surface area contributed by atoms with E-state index < -0.39 is 16.0 Å². The number of thiophene rings is 1. The minimum absolute atomic E-state index is 0.191. The van der Waals surface area contributed by atoms with Crippen LogP contribution in [-0.2, 0) is 27.7 Å². The molecule has 2 aliphatic heterocycles. The molecular weight excluding hydrogens is 474 g/mol. The van der Waals surface area contributed by atoms with Gasteiger partial charge in [0.1, 0.15) is 11.5 Å². The molecule has 3 heterocycles. The molecule has 1 fully saturated rings. The molecular formula is C24H32N3O5S2+. The fourth-order valence-corrected chi connectivity index (χ4v) is 7.37. The monoisotopic (exact) mass is 506 g/mol. The summed E-state index contributed by atoms with van der Waals surface area (Å²) in [6, 6.07) is 6.02. The zero-order valence-electron chi connectivity index (χ0n) is 19.7. The zero-order valence-corrected chi connectivity index (χ0v) is 21.3. The van der Waals surface area contributed by atoms with Gasteiger partial charge in [-0.05, 0) is 49.6 Å². The standard InChI is InChI=1S/C24H31N3O5S2/c1-3-32-24(29)21-19-12-15-26(2)16-20(19)33-23(21)25-22(28)17-8-10-18(11-9-17)34(30,31)27-13-6-4-5-7-14-27/h8-11H,3-7,12-16H2,1-2H3,(H,25,28)/p+1. The van der Waals surface area contributed by atoms with Gasteiger partial charge >= 0.3 is 5.97 Å². The maximum absolute atomic E-state index is 13.0. The first-order valence-electron chi connectivity index (χ1n) is 11.9. The number of ether oxygens (including phenoxy) is 1. The molecule has 10 heteroatoms. The number of benzene rings is 1. The Labute approximate surface area is 204 Å². The van der Waals surface area contributed by atoms with E-state index in [2.05, 4.69) is 12.4 Å². The molecule has 1 aromatic heterocycles. The fourth-order valence-electron chi connectivity index (χ4n) is 4.51. The van der Waals surface area contributed by atoms with Gasteiger partial charge in [0.2, 0.25) is 10.0 Å². The Morgan fingerprint density at radius 2 is 1.79 bits per heavy atom. The molecule has 0 spiro atoms. The van der Waals surface area contributed by atoms with Crippen LogP contribution in [0.4, 0.5) is 5.00 Å². The lowest BCUT2D eigenvalue weighted by molar-refractivity contribution is -0.895. The molecule has 8 nitrogen and oxygen atoms in total. The Kier molecular flexibility index (Phi) is 7.71. The molecule has 2 N–H and O–H groups in total. The number of anilines is 1. The highest BCUT2D eigenvalue weighted by Crippen LogP contribution is 2.35. The molecule has 1 saturated heterocycles. The quantitative estimate of drug-likeness (QED) is 0.586. The molecule has 0 aliphatic carbocycles. The summed E-state index contributed by atoms with van der Waals surface area (Å²) in [4.78, 5) is 28.3. The first kappa shape index (κ1) is 24.8. The number of nitrogens with one attached hydrogen (secondary N) is 2. The molecule has 0 saturated carbocycles. The summed E-state index contributed by atoms with van der Waals surface area (Å²) >= 11 is 1.41. The summed E-state index contributed by atoms with van der Waals surface area (Å²) in [6.45, 7) is 4.78. The Bertz CT molecular complexity index is 1150. The van der Waals surface area contributed by atoms with Crippen molar-refractivity contribution in [3.63, 3.8) is 0 Å². The second-order valence-corrected chi connectivity index (χ2v) is 11.9. The maximum atomic E-state index is 13.0. The molecule has 2 aliphatic rings. The van der Waals surface area contributed by atoms with Crippen molar-refractivity contribution >= 4 is 38.2 Å². The van der Waals surface area contributed by atoms with Gasteiger partial charge in [0.25, 0.3) is 5.91 Å². The summed E-state index contributed by atoms with van der Waals surface area (Å²) in [5, 5.41) is 3.37. The Hall–Kier alpha value is -2.27. The highest BCUT2D eigenvalue weighted by Gasteiger charge is 2.30. The lowest BCUT2D eigenvalue weighted by Gasteiger charge is -2.20. The van der Waals surface area contributed by atoms with Gasteiger partial charge in [-0.2, -0.15) is 4.31 Å². The largest absolute Gasteiger partial charge is 0.462 e. The minimum Gasteiger partial charge on any atom is -0.462 e. The number of hydrogen-bond acceptors (Lipinski definition) is 6. The van der Waals surface area contributed by atoms with Crippen LogP contribution in [0, 0.1) is 0 Å². The molecule has 184 valence electrons. The lowest BCUT2D eigenvalue weighted by Crippen LogP contribution is -3.08. The average molecular weight is 507 g/mol. The van der Waals surface area contributed by atoms with Crippen LogP contribution in [0.1, 0.15) is 63.8 Å². The third kappa shape index (κ3) is 5.19. The van der Waals surface area contributed by atoms with E-state index >= 15 is 0 Å². The molecule has 1 amide bonds. The third-order valence-electron chi connectivity index (χ3n) is 6.38. The van der Waals surface area contributed by atoms with Crippen molar-refractivity contribution in [1.82, 2.24) is 4.31 Å². The Morgan fingerprint density at radius 1 is 1.12 bits per heavy atom. The molecule has 1 aromatic carbocycles. The highest BCUT2D eigenvalue weighted by atomic mass is 32.2. The van der Waals surface area contributed by atoms with Crippen molar-refractivity contribution in [2.45, 2.75) is 50.5 Å². The highest BCUT2D eigenvalue weighted by molar-refractivity contribution is 7.89. The van der Waals surface area contributed by atoms with Gasteiger partial charge in [0, 0.05) is 25.1 Å². The second-order valence-electron chi connectivity index (χ2n) is 8.86. The average Bonchev–Trinajstić information content (AvgIpc) is 2.97. The SMILES string of the molecule is CCOC(=O)c1c(NC(=O)c2ccc(S(=O)(=O)N3CCCCCC3)cc2)sc2c1CC[NH+](C)C2. The minimum atomic E-state index is -3.58. The van der Waals surface area contributed by atoms with E-state index in [1.165, 1.54) is 44.8 Å². The van der Waals surface area contributed by atoms with E-state index in [1.807, 2.05) is 0 Å². The molecule has 1 atom stereocenters. The smallest absolute Gasteiger partial charge is 0.341 e. The van der Waals surface area contributed by atoms with E-state index in [0.29, 0.717) is 29.2 Å². The fraction of sp³-hybridized carbons (Fsp3) is 0.500. The topological polar surface area (TPSA) is 97.2 Å². The summed E-state index contributed by atoms with van der Waals surface area (Å²) in [6.07, 6.45) is 4.57. The van der Waals surface area contributed by atoms with Gasteiger partial charge in [0.05, 0.1) is 35.5 Å². The van der Waals surface area contributed by atoms with Crippen molar-refractivity contribution in [3.8, 4) is 0 Å². The van der Waals surface area contributed by atoms with Crippen LogP contribution in [0.25, 0.3) is 0 Å². The van der Waals surface area contributed by atoms with Crippen molar-refractivity contribution in [3.05, 3.63) is 45.8 Å². The molecule has 0 radical (unpaired) electrons. The van der Waals surface area contributed by atoms with Gasteiger partial charge < -0.3 is 15.0 Å². The third-order valence-corrected chi connectivity index (χ3v) is 9.44. The van der Waals surface area contributed by atoms with Gasteiger partial charge in [-0.3, -0.25) is 4.79 Å². The maximum Gasteiger partial charge on any atom is 0.341 e. The van der Waals surface area contributed by atoms with Crippen molar-refractivity contribution < 1.29 is 27.6 Å². The van der Waals surface area contributed by atoms with Crippen LogP contribution in [0.2, 0.25) is 0 Å². The number of nitrogens with zero attached hydrogens (tertiary/aromatic N) is 1. The van der Waals surface area contributed by atoms with Crippen LogP contribution in [0.15, 0.2) is 29.2 Å². The number of carbonyl (C=O) groups excluding carboxylic acids is 2. The van der Waals surface area contributed by atoms with Crippen molar-refractivity contribution in [2.24, 2.45) is 0 Å². The number of sulfonamides is 1. The number of esters is 1. The van der Waals surface area contributed by atoms with E-state index in [-0.39, 0.29) is 17.4 Å². The summed E-state index contributed by atoms with van der Waals surface area (Å²) < 4.78 is 32.8. The molecule has 2 aromatic rings. The van der Waals surface area contributed by atoms with E-state index in [4.69, 9.17) is 4.74 Å². The number of carbonyl (C=O) groups is 2. The van der Waals surface area contributed by atoms with E-state index in [0.717, 1.165) is 55.6 Å². The number of quaternary nitrogens is 1. The van der Waals surface area contributed by atoms with Crippen molar-refractivity contribution in [2.75, 3.05) is 38.6 Å². The Morgan fingerprint density at radius 3 is 2.44 bits per heavy atom. The summed E-state index contributed by atoms with van der Waals surface area (Å²) in [5.74, 6) is -0.808. The predicted octanol–water partition coefficient (Wildman–Crippen LogP) is 2.31. The van der Waals surface area contributed by atoms with Crippen LogP contribution < -0.4 is 10.2 Å². The van der Waals surface area contributed by atoms with E-state index in [9.17, 15) is 18.0 Å². The summed E-state index contributed by atoms with van der Waals surface area (Å²) in [5.41, 5.74) is 1.74. The number of hydrogen-bond donors (Lipinski definition) is 2. The molecule has 4 rings (SSSR count). The van der Waals surface area contributed by atoms with Crippen LogP contribution in [0.3, 0.4) is 0 Å². The summed E-state index contributed by atoms with van der Waals surface area (Å²) in [7, 11) is -1.47. The lowest BCUT2D eigenvalue weighted by atomic mass is 10.0. The second kappa shape index (κ2) is 10.6. The van der Waals surface area contributed by atoms with E-state index in [1.54, 1.807) is 6.92 Å². The number of amides is 1. The first-order chi connectivity index (χ1) is 16.3. The van der Waals surface area contributed by atoms with Gasteiger partial charge in [0.15, 0.2) is 0 Å². The van der Waals surface area contributed by atoms with Gasteiger partial charge in [-0.1, -0.05) is 12.8 Å². The first-order valence-corrected chi connectivity index (χ1v) is 14.1. The van der Waals surface area contributed by atoms with Crippen molar-refractivity contribution in [1.29, 1.82) is 0 Å².